The predicted octanol–water partition coefficient (Wildman–Crippen LogP) is 2.72. The van der Waals surface area contributed by atoms with Crippen molar-refractivity contribution < 1.29 is 9.53 Å². The molecule has 150 valence electrons. The average molecular weight is 392 g/mol. The third-order valence-electron chi connectivity index (χ3n) is 5.38. The smallest absolute Gasteiger partial charge is 0.351 e. The standard InChI is InChI=1S/C22H24N4O3/c1-16-7-6-14-24(16)20(27)15-25-21(17-8-4-3-5-9-17)23-26(22(25)28)18-10-12-19(29-2)13-11-18/h3-5,8-13,16H,6-7,14-15H2,1-2H3/t16-/m1/s1. The molecule has 0 saturated carbocycles. The molecule has 1 amide bonds. The Hall–Kier alpha value is -3.35. The van der Waals surface area contributed by atoms with E-state index in [1.807, 2.05) is 42.2 Å². The molecule has 1 saturated heterocycles. The highest BCUT2D eigenvalue weighted by Crippen LogP contribution is 2.20. The Bertz CT molecular complexity index is 1050. The third-order valence-corrected chi connectivity index (χ3v) is 5.38. The Kier molecular flexibility index (Phi) is 5.20. The summed E-state index contributed by atoms with van der Waals surface area (Å²) in [6, 6.07) is 16.8. The summed E-state index contributed by atoms with van der Waals surface area (Å²) in [6.45, 7) is 2.76. The molecule has 1 aliphatic rings. The van der Waals surface area contributed by atoms with Crippen molar-refractivity contribution in [2.75, 3.05) is 13.7 Å². The highest BCUT2D eigenvalue weighted by molar-refractivity contribution is 5.77. The van der Waals surface area contributed by atoms with Gasteiger partial charge in [0, 0.05) is 18.2 Å². The van der Waals surface area contributed by atoms with Crippen molar-refractivity contribution in [1.29, 1.82) is 0 Å². The molecule has 7 nitrogen and oxygen atoms in total. The van der Waals surface area contributed by atoms with Crippen molar-refractivity contribution in [2.24, 2.45) is 0 Å². The van der Waals surface area contributed by atoms with E-state index in [9.17, 15) is 9.59 Å². The van der Waals surface area contributed by atoms with Crippen LogP contribution in [-0.4, -0.2) is 44.9 Å². The molecule has 1 atom stereocenters. The summed E-state index contributed by atoms with van der Waals surface area (Å²) in [5.74, 6) is 1.12. The lowest BCUT2D eigenvalue weighted by Crippen LogP contribution is -2.38. The van der Waals surface area contributed by atoms with Crippen LogP contribution in [0.1, 0.15) is 19.8 Å². The van der Waals surface area contributed by atoms with Crippen LogP contribution in [0.2, 0.25) is 0 Å². The number of rotatable bonds is 5. The molecule has 0 aliphatic carbocycles. The molecule has 0 unspecified atom stereocenters. The van der Waals surface area contributed by atoms with Gasteiger partial charge in [-0.1, -0.05) is 30.3 Å². The fourth-order valence-electron chi connectivity index (χ4n) is 3.76. The molecule has 0 bridgehead atoms. The van der Waals surface area contributed by atoms with Crippen molar-refractivity contribution in [3.05, 3.63) is 65.1 Å². The van der Waals surface area contributed by atoms with Gasteiger partial charge in [-0.25, -0.2) is 4.79 Å². The number of likely N-dealkylation sites (tertiary alicyclic amines) is 1. The van der Waals surface area contributed by atoms with Crippen molar-refractivity contribution in [1.82, 2.24) is 19.2 Å². The van der Waals surface area contributed by atoms with Crippen molar-refractivity contribution in [2.45, 2.75) is 32.4 Å². The summed E-state index contributed by atoms with van der Waals surface area (Å²) < 4.78 is 7.99. The Morgan fingerprint density at radius 2 is 1.86 bits per heavy atom. The van der Waals surface area contributed by atoms with Crippen LogP contribution < -0.4 is 10.4 Å². The molecule has 1 aliphatic heterocycles. The SMILES string of the molecule is COc1ccc(-n2nc(-c3ccccc3)n(CC(=O)N3CCC[C@H]3C)c2=O)cc1. The minimum atomic E-state index is -0.339. The zero-order chi connectivity index (χ0) is 20.4. The van der Waals surface area contributed by atoms with Gasteiger partial charge in [0.2, 0.25) is 5.91 Å². The first-order valence-electron chi connectivity index (χ1n) is 9.77. The Morgan fingerprint density at radius 3 is 2.48 bits per heavy atom. The zero-order valence-corrected chi connectivity index (χ0v) is 16.6. The summed E-state index contributed by atoms with van der Waals surface area (Å²) in [6.07, 6.45) is 2.00. The number of amides is 1. The molecule has 7 heteroatoms. The van der Waals surface area contributed by atoms with Crippen LogP contribution in [0.3, 0.4) is 0 Å². The van der Waals surface area contributed by atoms with Crippen LogP contribution in [0.25, 0.3) is 17.1 Å². The monoisotopic (exact) mass is 392 g/mol. The molecular formula is C22H24N4O3. The van der Waals surface area contributed by atoms with Gasteiger partial charge in [-0.3, -0.25) is 9.36 Å². The van der Waals surface area contributed by atoms with E-state index < -0.39 is 0 Å². The topological polar surface area (TPSA) is 69.4 Å². The largest absolute Gasteiger partial charge is 0.497 e. The summed E-state index contributed by atoms with van der Waals surface area (Å²) in [7, 11) is 1.59. The molecule has 0 N–H and O–H groups in total. The summed E-state index contributed by atoms with van der Waals surface area (Å²) in [5.41, 5.74) is 1.07. The zero-order valence-electron chi connectivity index (χ0n) is 16.6. The lowest BCUT2D eigenvalue weighted by molar-refractivity contribution is -0.132. The number of aromatic nitrogens is 3. The van der Waals surface area contributed by atoms with Gasteiger partial charge >= 0.3 is 5.69 Å². The number of benzene rings is 2. The molecule has 2 heterocycles. The summed E-state index contributed by atoms with van der Waals surface area (Å²) in [4.78, 5) is 28.0. The maximum Gasteiger partial charge on any atom is 0.351 e. The number of carbonyl (C=O) groups is 1. The van der Waals surface area contributed by atoms with Crippen LogP contribution in [0, 0.1) is 0 Å². The summed E-state index contributed by atoms with van der Waals surface area (Å²) >= 11 is 0. The van der Waals surface area contributed by atoms with Crippen LogP contribution in [-0.2, 0) is 11.3 Å². The van der Waals surface area contributed by atoms with Crippen molar-refractivity contribution in [3.63, 3.8) is 0 Å². The van der Waals surface area contributed by atoms with Crippen molar-refractivity contribution >= 4 is 5.91 Å². The molecule has 3 aromatic rings. The van der Waals surface area contributed by atoms with E-state index in [0.717, 1.165) is 24.9 Å². The fraction of sp³-hybridized carbons (Fsp3) is 0.318. The Labute approximate surface area is 169 Å². The molecule has 1 aromatic heterocycles. The molecule has 2 aromatic carbocycles. The van der Waals surface area contributed by atoms with Crippen LogP contribution in [0.4, 0.5) is 0 Å². The quantitative estimate of drug-likeness (QED) is 0.670. The van der Waals surface area contributed by atoms with Gasteiger partial charge in [0.25, 0.3) is 0 Å². The highest BCUT2D eigenvalue weighted by Gasteiger charge is 2.27. The number of hydrogen-bond acceptors (Lipinski definition) is 4. The van der Waals surface area contributed by atoms with Crippen molar-refractivity contribution in [3.8, 4) is 22.8 Å². The second-order valence-corrected chi connectivity index (χ2v) is 7.25. The summed E-state index contributed by atoms with van der Waals surface area (Å²) in [5, 5.41) is 4.56. The highest BCUT2D eigenvalue weighted by atomic mass is 16.5. The lowest BCUT2D eigenvalue weighted by atomic mass is 10.2. The normalized spacial score (nSPS) is 16.2. The van der Waals surface area contributed by atoms with E-state index in [1.165, 1.54) is 9.25 Å². The van der Waals surface area contributed by atoms with E-state index >= 15 is 0 Å². The van der Waals surface area contributed by atoms with E-state index in [1.54, 1.807) is 31.4 Å². The second-order valence-electron chi connectivity index (χ2n) is 7.25. The first-order chi connectivity index (χ1) is 14.1. The minimum absolute atomic E-state index is 0.0243. The van der Waals surface area contributed by atoms with E-state index in [4.69, 9.17) is 4.74 Å². The van der Waals surface area contributed by atoms with E-state index in [0.29, 0.717) is 17.3 Å². The average Bonchev–Trinajstić information content (AvgIpc) is 3.32. The van der Waals surface area contributed by atoms with Crippen LogP contribution in [0.15, 0.2) is 59.4 Å². The number of hydrogen-bond donors (Lipinski definition) is 0. The van der Waals surface area contributed by atoms with Crippen LogP contribution in [0.5, 0.6) is 5.75 Å². The Balaban J connectivity index is 1.76. The number of nitrogens with zero attached hydrogens (tertiary/aromatic N) is 4. The molecule has 1 fully saturated rings. The molecule has 0 spiro atoms. The van der Waals surface area contributed by atoms with E-state index in [2.05, 4.69) is 5.10 Å². The minimum Gasteiger partial charge on any atom is -0.497 e. The number of methoxy groups -OCH3 is 1. The van der Waals surface area contributed by atoms with Crippen LogP contribution >= 0.6 is 0 Å². The van der Waals surface area contributed by atoms with Gasteiger partial charge in [-0.05, 0) is 44.0 Å². The van der Waals surface area contributed by atoms with Gasteiger partial charge < -0.3 is 9.64 Å². The van der Waals surface area contributed by atoms with Gasteiger partial charge in [-0.2, -0.15) is 4.68 Å². The van der Waals surface area contributed by atoms with E-state index in [-0.39, 0.29) is 24.2 Å². The number of carbonyl (C=O) groups excluding carboxylic acids is 1. The first-order valence-corrected chi connectivity index (χ1v) is 9.77. The van der Waals surface area contributed by atoms with Gasteiger partial charge in [-0.15, -0.1) is 5.10 Å². The predicted molar refractivity (Wildman–Crippen MR) is 110 cm³/mol. The maximum absolute atomic E-state index is 13.2. The first kappa shape index (κ1) is 19.0. The number of ether oxygens (including phenoxy) is 1. The lowest BCUT2D eigenvalue weighted by Gasteiger charge is -2.21. The Morgan fingerprint density at radius 1 is 1.14 bits per heavy atom. The second kappa shape index (κ2) is 7.95. The maximum atomic E-state index is 13.2. The van der Waals surface area contributed by atoms with Gasteiger partial charge in [0.1, 0.15) is 12.3 Å². The van der Waals surface area contributed by atoms with Gasteiger partial charge in [0.15, 0.2) is 5.82 Å². The molecule has 4 rings (SSSR count). The molecular weight excluding hydrogens is 368 g/mol. The molecule has 29 heavy (non-hydrogen) atoms. The molecule has 0 radical (unpaired) electrons. The fourth-order valence-corrected chi connectivity index (χ4v) is 3.76. The third kappa shape index (κ3) is 3.68. The van der Waals surface area contributed by atoms with Gasteiger partial charge in [0.05, 0.1) is 12.8 Å².